The molecule has 15 nitrogen and oxygen atoms in total. The van der Waals surface area contributed by atoms with Crippen LogP contribution in [0.2, 0.25) is 5.02 Å². The van der Waals surface area contributed by atoms with Crippen LogP contribution in [0.15, 0.2) is 95.7 Å². The summed E-state index contributed by atoms with van der Waals surface area (Å²) >= 11 is 6.25. The molecule has 8 rings (SSSR count). The molecule has 346 valence electrons. The molecule has 1 aliphatic carbocycles. The summed E-state index contributed by atoms with van der Waals surface area (Å²) in [6.45, 7) is 13.5. The Kier molecular flexibility index (Phi) is 13.9. The number of nitro groups is 1. The van der Waals surface area contributed by atoms with E-state index in [0.717, 1.165) is 106 Å². The van der Waals surface area contributed by atoms with Gasteiger partial charge in [-0.3, -0.25) is 9.69 Å². The molecule has 0 atom stereocenters. The number of aromatic amines is 1. The first-order chi connectivity index (χ1) is 31.0. The number of hydrogen-bond acceptors (Lipinski definition) is 12. The molecule has 0 radical (unpaired) electrons. The Hall–Kier alpha value is -5.09. The molecule has 2 saturated heterocycles. The summed E-state index contributed by atoms with van der Waals surface area (Å²) in [7, 11) is -6.65. The number of nitro benzene ring substituents is 1. The molecular weight excluding hydrogens is 887 g/mol. The number of nitrogens with one attached hydrogen (secondary N) is 3. The number of aromatic nitrogens is 2. The Bertz CT molecular complexity index is 2690. The molecule has 3 aliphatic rings. The van der Waals surface area contributed by atoms with Gasteiger partial charge in [0.15, 0.2) is 0 Å². The Morgan fingerprint density at radius 2 is 1.75 bits per heavy atom. The van der Waals surface area contributed by atoms with E-state index in [9.17, 15) is 28.2 Å². The summed E-state index contributed by atoms with van der Waals surface area (Å²) < 4.78 is 35.9. The molecule has 18 heteroatoms. The third-order valence-corrected chi connectivity index (χ3v) is 17.1. The average molecular weight is 946 g/mol. The minimum absolute atomic E-state index is 0.0422. The number of sulfonamides is 1. The number of ether oxygens (including phenoxy) is 1. The van der Waals surface area contributed by atoms with Gasteiger partial charge in [0.2, 0.25) is 0 Å². The van der Waals surface area contributed by atoms with Crippen LogP contribution in [0.4, 0.5) is 17.1 Å². The molecule has 3 aromatic carbocycles. The van der Waals surface area contributed by atoms with Crippen molar-refractivity contribution >= 4 is 68.7 Å². The first-order valence-corrected chi connectivity index (χ1v) is 27.0. The van der Waals surface area contributed by atoms with Gasteiger partial charge in [-0.2, -0.15) is 0 Å². The van der Waals surface area contributed by atoms with E-state index in [1.165, 1.54) is 35.0 Å². The average Bonchev–Trinajstić information content (AvgIpc) is 3.75. The molecule has 5 aromatic rings. The molecule has 1 amide bonds. The molecule has 2 aliphatic heterocycles. The van der Waals surface area contributed by atoms with Crippen LogP contribution in [-0.2, 0) is 10.0 Å². The Morgan fingerprint density at radius 1 is 1.00 bits per heavy atom. The van der Waals surface area contributed by atoms with Crippen molar-refractivity contribution in [3.8, 4) is 11.5 Å². The Balaban J connectivity index is 0.967. The molecule has 4 heterocycles. The van der Waals surface area contributed by atoms with E-state index < -0.39 is 38.9 Å². The zero-order valence-electron chi connectivity index (χ0n) is 37.1. The van der Waals surface area contributed by atoms with Gasteiger partial charge < -0.3 is 14.6 Å². The fourth-order valence-corrected chi connectivity index (χ4v) is 11.9. The van der Waals surface area contributed by atoms with E-state index in [2.05, 4.69) is 60.7 Å². The maximum absolute atomic E-state index is 14.0. The van der Waals surface area contributed by atoms with Crippen LogP contribution in [0.3, 0.4) is 0 Å². The second kappa shape index (κ2) is 19.4. The number of nitrogens with zero attached hydrogens (tertiary/aromatic N) is 5. The number of benzene rings is 3. The summed E-state index contributed by atoms with van der Waals surface area (Å²) in [5, 5.41) is 16.7. The number of piperazine rings is 1. The topological polar surface area (TPSA) is 186 Å². The van der Waals surface area contributed by atoms with Crippen molar-refractivity contribution in [2.75, 3.05) is 88.1 Å². The Labute approximate surface area is 385 Å². The van der Waals surface area contributed by atoms with E-state index in [-0.39, 0.29) is 22.4 Å². The van der Waals surface area contributed by atoms with Gasteiger partial charge in [-0.1, -0.05) is 43.2 Å². The fourth-order valence-electron chi connectivity index (χ4n) is 8.98. The molecule has 2 fully saturated rings. The second-order valence-corrected chi connectivity index (χ2v) is 24.7. The first-order valence-electron chi connectivity index (χ1n) is 22.2. The van der Waals surface area contributed by atoms with Crippen LogP contribution in [0.25, 0.3) is 16.6 Å². The van der Waals surface area contributed by atoms with E-state index in [1.807, 2.05) is 24.9 Å². The quantitative estimate of drug-likeness (QED) is 0.0342. The summed E-state index contributed by atoms with van der Waals surface area (Å²) in [5.41, 5.74) is 5.49. The SMILES string of the molecule is CC1(C)CCC(CN2CCN(c3ccc(C(=O)NS(=O)(=O)c4ccc(NCCCN5CC[PH](C)(O)CC5)c([N+](=O)[O-])c4)c(Oc4cnc5[nH]ccc5c4)c3)CC2)=C(c2ccc(Cl)cc2)C1. The summed E-state index contributed by atoms with van der Waals surface area (Å²) in [4.78, 5) is 49.9. The number of anilines is 2. The van der Waals surface area contributed by atoms with E-state index in [1.54, 1.807) is 30.5 Å². The van der Waals surface area contributed by atoms with Crippen molar-refractivity contribution in [3.63, 3.8) is 0 Å². The van der Waals surface area contributed by atoms with Crippen molar-refractivity contribution in [2.45, 2.75) is 44.4 Å². The van der Waals surface area contributed by atoms with Gasteiger partial charge in [0, 0.05) is 61.1 Å². The van der Waals surface area contributed by atoms with E-state index in [4.69, 9.17) is 16.3 Å². The molecule has 0 bridgehead atoms. The number of hydrogen-bond donors (Lipinski definition) is 4. The molecule has 65 heavy (non-hydrogen) atoms. The smallest absolute Gasteiger partial charge is 0.146 e. The number of fused-ring (bicyclic) bond motifs is 1. The maximum atomic E-state index is 14.0. The number of H-pyrrole nitrogens is 1. The number of rotatable bonds is 15. The number of halogens is 1. The van der Waals surface area contributed by atoms with E-state index >= 15 is 0 Å². The third kappa shape index (κ3) is 11.5. The van der Waals surface area contributed by atoms with Crippen molar-refractivity contribution in [2.24, 2.45) is 5.41 Å². The normalized spacial score (nSPS) is 18.6. The van der Waals surface area contributed by atoms with Gasteiger partial charge in [0.1, 0.15) is 17.1 Å². The van der Waals surface area contributed by atoms with Gasteiger partial charge >= 0.3 is 134 Å². The number of allylic oxidation sites excluding steroid dienone is 1. The Morgan fingerprint density at radius 3 is 2.49 bits per heavy atom. The minimum Gasteiger partial charge on any atom is -0.455 e. The van der Waals surface area contributed by atoms with Gasteiger partial charge in [-0.05, 0) is 72.2 Å². The number of amides is 1. The predicted molar refractivity (Wildman–Crippen MR) is 261 cm³/mol. The first kappa shape index (κ1) is 46.4. The van der Waals surface area contributed by atoms with Crippen molar-refractivity contribution in [3.05, 3.63) is 117 Å². The monoisotopic (exact) mass is 944 g/mol. The molecule has 0 saturated carbocycles. The van der Waals surface area contributed by atoms with Crippen molar-refractivity contribution < 1.29 is 27.8 Å². The fraction of sp³-hybridized carbons (Fsp3) is 0.404. The predicted octanol–water partition coefficient (Wildman–Crippen LogP) is 8.23. The van der Waals surface area contributed by atoms with Crippen molar-refractivity contribution in [1.29, 1.82) is 0 Å². The largest absolute Gasteiger partial charge is 0.455 e. The molecule has 2 aromatic heterocycles. The van der Waals surface area contributed by atoms with Gasteiger partial charge in [-0.25, -0.2) is 18.1 Å². The van der Waals surface area contributed by atoms with Crippen LogP contribution in [0, 0.1) is 15.5 Å². The number of carbonyl (C=O) groups is 1. The molecular formula is C47H58ClN8O7PS. The molecule has 0 spiro atoms. The van der Waals surface area contributed by atoms with Crippen LogP contribution in [0.1, 0.15) is 55.5 Å². The zero-order valence-corrected chi connectivity index (χ0v) is 39.7. The van der Waals surface area contributed by atoms with Crippen LogP contribution >= 0.6 is 19.1 Å². The summed E-state index contributed by atoms with van der Waals surface area (Å²) in [6.07, 6.45) is 8.82. The van der Waals surface area contributed by atoms with Crippen molar-refractivity contribution in [1.82, 2.24) is 24.5 Å². The second-order valence-electron chi connectivity index (χ2n) is 18.6. The molecule has 4 N–H and O–H groups in total. The summed E-state index contributed by atoms with van der Waals surface area (Å²) in [6, 6.07) is 20.4. The van der Waals surface area contributed by atoms with E-state index in [0.29, 0.717) is 24.4 Å². The van der Waals surface area contributed by atoms with Crippen LogP contribution in [-0.4, -0.2) is 122 Å². The molecule has 0 unspecified atom stereocenters. The van der Waals surface area contributed by atoms with Gasteiger partial charge in [-0.15, -0.1) is 0 Å². The number of carbonyl (C=O) groups excluding carboxylic acids is 1. The standard InChI is InChI=1S/C47H58ClN8O7PS/c1-47(2)15-13-35(41(30-47)33-5-7-36(48)8-6-33)32-54-19-21-55(22-20-54)37-9-11-40(44(28-37)63-38-27-34-14-17-50-45(34)51-31-38)46(57)52-65(61,62)39-10-12-42(43(29-39)56(58)59)49-16-4-18-53-23-25-64(3,60)26-24-53/h5-12,14,17,27-29,31,49,60,64H,4,13,15-16,18-26,30,32H2,1-3H3,(H,50,51)(H,52,57). The van der Waals surface area contributed by atoms with Crippen LogP contribution in [0.5, 0.6) is 11.5 Å². The minimum atomic E-state index is -4.57. The van der Waals surface area contributed by atoms with Gasteiger partial charge in [0.25, 0.3) is 5.91 Å². The van der Waals surface area contributed by atoms with Gasteiger partial charge in [0.05, 0.1) is 11.8 Å². The van der Waals surface area contributed by atoms with Crippen LogP contribution < -0.4 is 19.7 Å². The zero-order chi connectivity index (χ0) is 45.9. The maximum Gasteiger partial charge on any atom is 0.146 e. The third-order valence-electron chi connectivity index (χ3n) is 12.9. The number of pyridine rings is 1. The summed E-state index contributed by atoms with van der Waals surface area (Å²) in [5.74, 6) is -0.487.